The van der Waals surface area contributed by atoms with Crippen molar-refractivity contribution in [2.24, 2.45) is 0 Å². The number of methoxy groups -OCH3 is 1. The van der Waals surface area contributed by atoms with Crippen LogP contribution in [-0.4, -0.2) is 80.7 Å². The number of rotatable bonds is 8. The Balaban J connectivity index is 1.08. The molecule has 0 N–H and O–H groups in total. The number of imidazole rings is 1. The summed E-state index contributed by atoms with van der Waals surface area (Å²) in [6, 6.07) is 14.2. The van der Waals surface area contributed by atoms with Crippen LogP contribution in [-0.2, 0) is 34.9 Å². The van der Waals surface area contributed by atoms with Crippen LogP contribution < -0.4 is 14.4 Å². The minimum absolute atomic E-state index is 0.0268. The number of halogens is 2. The van der Waals surface area contributed by atoms with Gasteiger partial charge in [0, 0.05) is 45.1 Å². The van der Waals surface area contributed by atoms with Gasteiger partial charge < -0.3 is 28.4 Å². The van der Waals surface area contributed by atoms with E-state index in [9.17, 15) is 4.79 Å². The molecule has 0 spiro atoms. The maximum absolute atomic E-state index is 15.4. The molecule has 3 aliphatic heterocycles. The topological polar surface area (TPSA) is 109 Å². The van der Waals surface area contributed by atoms with Crippen molar-refractivity contribution in [3.05, 3.63) is 95.0 Å². The number of hydrogen-bond donors (Lipinski definition) is 0. The Morgan fingerprint density at radius 1 is 1.10 bits per heavy atom. The van der Waals surface area contributed by atoms with Gasteiger partial charge in [0.15, 0.2) is 17.3 Å². The quantitative estimate of drug-likeness (QED) is 0.216. The van der Waals surface area contributed by atoms with E-state index < -0.39 is 17.6 Å². The number of aromatic nitrogens is 5. The molecule has 2 fully saturated rings. The highest BCUT2D eigenvalue weighted by atomic mass is 35.5. The monoisotopic (exact) mass is 673 g/mol. The fourth-order valence-electron chi connectivity index (χ4n) is 6.98. The van der Waals surface area contributed by atoms with Crippen LogP contribution in [0.2, 0.25) is 5.02 Å². The predicted octanol–water partition coefficient (Wildman–Crippen LogP) is 4.64. The number of carbonyl (C=O) groups excluding carboxylic acids is 1. The minimum atomic E-state index is -1.10. The van der Waals surface area contributed by atoms with Crippen molar-refractivity contribution in [1.82, 2.24) is 29.2 Å². The van der Waals surface area contributed by atoms with Gasteiger partial charge in [-0.25, -0.2) is 14.2 Å². The van der Waals surface area contributed by atoms with Crippen molar-refractivity contribution in [1.29, 1.82) is 0 Å². The molecule has 248 valence electrons. The third kappa shape index (κ3) is 5.31. The number of benzene rings is 2. The van der Waals surface area contributed by atoms with Crippen molar-refractivity contribution < 1.29 is 28.1 Å². The first-order valence-electron chi connectivity index (χ1n) is 15.8. The number of anilines is 1. The van der Waals surface area contributed by atoms with Crippen LogP contribution in [0.15, 0.2) is 67.1 Å². The molecule has 6 heterocycles. The van der Waals surface area contributed by atoms with E-state index in [4.69, 9.17) is 35.5 Å². The van der Waals surface area contributed by atoms with Gasteiger partial charge in [0.25, 0.3) is 5.79 Å². The average molecular weight is 674 g/mol. The number of fused-ring (bicyclic) bond motifs is 3. The van der Waals surface area contributed by atoms with E-state index in [0.717, 1.165) is 5.69 Å². The Labute approximate surface area is 280 Å². The van der Waals surface area contributed by atoms with Crippen LogP contribution in [0.25, 0.3) is 11.0 Å². The molecule has 8 rings (SSSR count). The van der Waals surface area contributed by atoms with Crippen molar-refractivity contribution in [2.45, 2.75) is 44.4 Å². The van der Waals surface area contributed by atoms with Crippen molar-refractivity contribution in [2.75, 3.05) is 38.3 Å². The van der Waals surface area contributed by atoms with Crippen LogP contribution in [0.3, 0.4) is 0 Å². The highest BCUT2D eigenvalue weighted by Crippen LogP contribution is 2.50. The molecule has 14 heteroatoms. The van der Waals surface area contributed by atoms with E-state index in [0.29, 0.717) is 79.5 Å². The van der Waals surface area contributed by atoms with Gasteiger partial charge in [0.05, 0.1) is 67.3 Å². The Kier molecular flexibility index (Phi) is 7.69. The number of aryl methyl sites for hydroxylation is 2. The number of pyridine rings is 1. The smallest absolute Gasteiger partial charge is 0.338 e. The van der Waals surface area contributed by atoms with E-state index >= 15 is 4.39 Å². The van der Waals surface area contributed by atoms with Gasteiger partial charge in [0.1, 0.15) is 17.0 Å². The molecule has 48 heavy (non-hydrogen) atoms. The second-order valence-corrected chi connectivity index (χ2v) is 12.7. The number of esters is 1. The summed E-state index contributed by atoms with van der Waals surface area (Å²) in [5.74, 6) is -0.280. The van der Waals surface area contributed by atoms with Crippen molar-refractivity contribution >= 4 is 34.3 Å². The zero-order chi connectivity index (χ0) is 33.0. The first-order chi connectivity index (χ1) is 23.3. The van der Waals surface area contributed by atoms with E-state index in [1.54, 1.807) is 30.6 Å². The molecule has 5 aromatic rings. The number of carbonyl (C=O) groups is 1. The fraction of sp³-hybridized carbons (Fsp3) is 0.353. The maximum atomic E-state index is 15.4. The fourth-order valence-corrected chi connectivity index (χ4v) is 7.09. The zero-order valence-electron chi connectivity index (χ0n) is 26.4. The van der Waals surface area contributed by atoms with Crippen LogP contribution in [0.4, 0.5) is 10.1 Å². The minimum Gasteiger partial charge on any atom is -0.465 e. The molecule has 2 aromatic carbocycles. The van der Waals surface area contributed by atoms with Gasteiger partial charge in [-0.1, -0.05) is 17.7 Å². The second-order valence-electron chi connectivity index (χ2n) is 12.2. The lowest BCUT2D eigenvalue weighted by molar-refractivity contribution is -0.0716. The second kappa shape index (κ2) is 12.1. The highest BCUT2D eigenvalue weighted by Gasteiger charge is 2.46. The maximum Gasteiger partial charge on any atom is 0.338 e. The standard InChI is InChI=1S/C34H33ClFN7O5/c1-34(29-8-7-22(35)17-37-29)47-28-6-3-5-24(32(28)48-34)42-13-11-40(26-19-46-20-27(26)42)18-30-39-31-23(36)15-21(33(44)45-2)16-25(31)43(30)14-12-41-10-4-9-38-41/h3-10,15-17,26-27H,11-14,18-20H2,1-2H3/t26-,27+,34-/m1/s1. The normalized spacial score (nSPS) is 22.0. The Bertz CT molecular complexity index is 1990. The van der Waals surface area contributed by atoms with Crippen LogP contribution in [0, 0.1) is 5.82 Å². The summed E-state index contributed by atoms with van der Waals surface area (Å²) in [4.78, 5) is 26.3. The number of ether oxygens (including phenoxy) is 4. The Hall–Kier alpha value is -4.72. The van der Waals surface area contributed by atoms with Gasteiger partial charge >= 0.3 is 5.97 Å². The average Bonchev–Trinajstić information content (AvgIpc) is 3.90. The molecule has 0 radical (unpaired) electrons. The molecule has 3 aliphatic rings. The predicted molar refractivity (Wildman–Crippen MR) is 174 cm³/mol. The molecule has 12 nitrogen and oxygen atoms in total. The number of piperazine rings is 1. The summed E-state index contributed by atoms with van der Waals surface area (Å²) in [5.41, 5.74) is 2.43. The van der Waals surface area contributed by atoms with E-state index in [2.05, 4.69) is 19.9 Å². The van der Waals surface area contributed by atoms with Gasteiger partial charge in [-0.15, -0.1) is 0 Å². The van der Waals surface area contributed by atoms with Crippen molar-refractivity contribution in [3.8, 4) is 11.5 Å². The molecule has 0 bridgehead atoms. The molecule has 3 atom stereocenters. The zero-order valence-corrected chi connectivity index (χ0v) is 27.1. The third-order valence-corrected chi connectivity index (χ3v) is 9.57. The lowest BCUT2D eigenvalue weighted by Crippen LogP contribution is -2.59. The molecule has 0 aliphatic carbocycles. The van der Waals surface area contributed by atoms with Gasteiger partial charge in [0.2, 0.25) is 0 Å². The Morgan fingerprint density at radius 3 is 2.77 bits per heavy atom. The van der Waals surface area contributed by atoms with Gasteiger partial charge in [-0.3, -0.25) is 14.6 Å². The molecule has 0 amide bonds. The first-order valence-corrected chi connectivity index (χ1v) is 16.1. The summed E-state index contributed by atoms with van der Waals surface area (Å²) in [5, 5.41) is 4.86. The lowest BCUT2D eigenvalue weighted by Gasteiger charge is -2.44. The summed E-state index contributed by atoms with van der Waals surface area (Å²) >= 11 is 6.08. The molecular formula is C34H33ClFN7O5. The summed E-state index contributed by atoms with van der Waals surface area (Å²) in [7, 11) is 1.28. The molecule has 3 aromatic heterocycles. The molecule has 2 saturated heterocycles. The largest absolute Gasteiger partial charge is 0.465 e. The SMILES string of the molecule is COC(=O)c1cc(F)c2nc(CN3CCN(c4cccc5c4O[C@](C)(c4ccc(Cl)cn4)O5)[C@H]4COC[C@H]43)n(CCn3cccn3)c2c1. The summed E-state index contributed by atoms with van der Waals surface area (Å²) in [6.45, 7) is 5.80. The van der Waals surface area contributed by atoms with Crippen LogP contribution >= 0.6 is 11.6 Å². The Morgan fingerprint density at radius 2 is 1.98 bits per heavy atom. The van der Waals surface area contributed by atoms with E-state index in [-0.39, 0.29) is 23.2 Å². The number of para-hydroxylation sites is 1. The number of nitrogens with zero attached hydrogens (tertiary/aromatic N) is 7. The van der Waals surface area contributed by atoms with Gasteiger partial charge in [-0.05, 0) is 42.5 Å². The van der Waals surface area contributed by atoms with Crippen LogP contribution in [0.1, 0.15) is 28.8 Å². The van der Waals surface area contributed by atoms with E-state index in [1.165, 1.54) is 13.2 Å². The summed E-state index contributed by atoms with van der Waals surface area (Å²) in [6.07, 6.45) is 5.18. The first kappa shape index (κ1) is 30.6. The molecule has 0 saturated carbocycles. The molecule has 0 unspecified atom stereocenters. The lowest BCUT2D eigenvalue weighted by atomic mass is 10.0. The van der Waals surface area contributed by atoms with E-state index in [1.807, 2.05) is 46.6 Å². The number of hydrogen-bond acceptors (Lipinski definition) is 10. The molecular weight excluding hydrogens is 641 g/mol. The van der Waals surface area contributed by atoms with Crippen molar-refractivity contribution in [3.63, 3.8) is 0 Å². The highest BCUT2D eigenvalue weighted by molar-refractivity contribution is 6.30. The van der Waals surface area contributed by atoms with Gasteiger partial charge in [-0.2, -0.15) is 5.10 Å². The third-order valence-electron chi connectivity index (χ3n) is 9.34. The summed E-state index contributed by atoms with van der Waals surface area (Å²) < 4.78 is 43.0. The van der Waals surface area contributed by atoms with Crippen LogP contribution in [0.5, 0.6) is 11.5 Å².